The van der Waals surface area contributed by atoms with E-state index in [1.54, 1.807) is 0 Å². The van der Waals surface area contributed by atoms with Crippen molar-refractivity contribution in [3.63, 3.8) is 0 Å². The van der Waals surface area contributed by atoms with Gasteiger partial charge in [0, 0.05) is 19.1 Å². The van der Waals surface area contributed by atoms with E-state index >= 15 is 0 Å². The van der Waals surface area contributed by atoms with Crippen LogP contribution in [0.25, 0.3) is 0 Å². The molecular formula is C10H20N2. The molecule has 0 aromatic carbocycles. The van der Waals surface area contributed by atoms with Crippen LogP contribution >= 0.6 is 0 Å². The Balaban J connectivity index is 2.35. The molecule has 70 valence electrons. The summed E-state index contributed by atoms with van der Waals surface area (Å²) in [5.41, 5.74) is 1.28. The second kappa shape index (κ2) is 4.63. The number of hydrogen-bond donors (Lipinski definition) is 1. The fourth-order valence-corrected chi connectivity index (χ4v) is 1.92. The van der Waals surface area contributed by atoms with Crippen molar-refractivity contribution in [1.82, 2.24) is 10.2 Å². The predicted octanol–water partition coefficient (Wildman–Crippen LogP) is 1.25. The third-order valence-corrected chi connectivity index (χ3v) is 2.41. The second-order valence-corrected chi connectivity index (χ2v) is 3.78. The third kappa shape index (κ3) is 2.61. The Kier molecular flexibility index (Phi) is 3.76. The highest BCUT2D eigenvalue weighted by atomic mass is 15.2. The largest absolute Gasteiger partial charge is 0.318 e. The number of likely N-dealkylation sites (N-methyl/N-ethyl adjacent to an activating group) is 1. The molecule has 1 atom stereocenters. The van der Waals surface area contributed by atoms with Crippen LogP contribution in [0.3, 0.4) is 0 Å². The zero-order valence-corrected chi connectivity index (χ0v) is 8.27. The molecule has 1 N–H and O–H groups in total. The molecule has 0 saturated carbocycles. The standard InChI is InChI=1S/C10H20N2/c1-9(2)8-12-6-4-5-10(12)7-11-3/h10-11H,1,4-8H2,2-3H3. The van der Waals surface area contributed by atoms with Crippen molar-refractivity contribution in [2.75, 3.05) is 26.7 Å². The third-order valence-electron chi connectivity index (χ3n) is 2.41. The molecular weight excluding hydrogens is 148 g/mol. The van der Waals surface area contributed by atoms with Crippen LogP contribution in [-0.4, -0.2) is 37.6 Å². The van der Waals surface area contributed by atoms with Gasteiger partial charge in [-0.1, -0.05) is 12.2 Å². The van der Waals surface area contributed by atoms with E-state index in [4.69, 9.17) is 0 Å². The SMILES string of the molecule is C=C(C)CN1CCCC1CNC. The van der Waals surface area contributed by atoms with Gasteiger partial charge in [-0.3, -0.25) is 4.90 Å². The topological polar surface area (TPSA) is 15.3 Å². The van der Waals surface area contributed by atoms with E-state index in [-0.39, 0.29) is 0 Å². The van der Waals surface area contributed by atoms with Gasteiger partial charge in [0.1, 0.15) is 0 Å². The summed E-state index contributed by atoms with van der Waals surface area (Å²) >= 11 is 0. The lowest BCUT2D eigenvalue weighted by atomic mass is 10.2. The van der Waals surface area contributed by atoms with Crippen molar-refractivity contribution in [2.24, 2.45) is 0 Å². The Labute approximate surface area is 75.6 Å². The average molecular weight is 168 g/mol. The summed E-state index contributed by atoms with van der Waals surface area (Å²) in [6.45, 7) is 9.50. The van der Waals surface area contributed by atoms with Crippen LogP contribution in [0, 0.1) is 0 Å². The molecule has 12 heavy (non-hydrogen) atoms. The van der Waals surface area contributed by atoms with Crippen LogP contribution in [0.5, 0.6) is 0 Å². The van der Waals surface area contributed by atoms with E-state index in [1.165, 1.54) is 25.0 Å². The van der Waals surface area contributed by atoms with Gasteiger partial charge in [-0.15, -0.1) is 0 Å². The van der Waals surface area contributed by atoms with Gasteiger partial charge < -0.3 is 5.32 Å². The molecule has 0 bridgehead atoms. The van der Waals surface area contributed by atoms with Gasteiger partial charge in [0.2, 0.25) is 0 Å². The predicted molar refractivity (Wildman–Crippen MR) is 53.3 cm³/mol. The zero-order valence-electron chi connectivity index (χ0n) is 8.27. The first-order valence-electron chi connectivity index (χ1n) is 4.77. The Morgan fingerprint density at radius 3 is 3.00 bits per heavy atom. The van der Waals surface area contributed by atoms with E-state index in [0.717, 1.165) is 19.1 Å². The Morgan fingerprint density at radius 2 is 2.42 bits per heavy atom. The highest BCUT2D eigenvalue weighted by molar-refractivity contribution is 4.95. The molecule has 0 radical (unpaired) electrons. The van der Waals surface area contributed by atoms with Crippen LogP contribution in [0.15, 0.2) is 12.2 Å². The summed E-state index contributed by atoms with van der Waals surface area (Å²) < 4.78 is 0. The first-order valence-corrected chi connectivity index (χ1v) is 4.77. The fourth-order valence-electron chi connectivity index (χ4n) is 1.92. The normalized spacial score (nSPS) is 24.7. The zero-order chi connectivity index (χ0) is 8.97. The summed E-state index contributed by atoms with van der Waals surface area (Å²) in [5, 5.41) is 3.24. The molecule has 1 aliphatic heterocycles. The quantitative estimate of drug-likeness (QED) is 0.635. The number of likely N-dealkylation sites (tertiary alicyclic amines) is 1. The van der Waals surface area contributed by atoms with Crippen molar-refractivity contribution in [3.8, 4) is 0 Å². The summed E-state index contributed by atoms with van der Waals surface area (Å²) in [5.74, 6) is 0. The number of nitrogens with zero attached hydrogens (tertiary/aromatic N) is 1. The van der Waals surface area contributed by atoms with Gasteiger partial charge in [-0.2, -0.15) is 0 Å². The minimum absolute atomic E-state index is 0.742. The maximum absolute atomic E-state index is 3.95. The van der Waals surface area contributed by atoms with Crippen LogP contribution in [0.2, 0.25) is 0 Å². The lowest BCUT2D eigenvalue weighted by molar-refractivity contribution is 0.271. The van der Waals surface area contributed by atoms with E-state index in [2.05, 4.69) is 23.7 Å². The van der Waals surface area contributed by atoms with Crippen LogP contribution in [0.4, 0.5) is 0 Å². The van der Waals surface area contributed by atoms with Gasteiger partial charge in [0.15, 0.2) is 0 Å². The summed E-state index contributed by atoms with van der Waals surface area (Å²) in [6.07, 6.45) is 2.69. The first kappa shape index (κ1) is 9.75. The smallest absolute Gasteiger partial charge is 0.0224 e. The summed E-state index contributed by atoms with van der Waals surface area (Å²) in [7, 11) is 2.03. The minimum Gasteiger partial charge on any atom is -0.318 e. The number of nitrogens with one attached hydrogen (secondary N) is 1. The molecule has 1 rings (SSSR count). The average Bonchev–Trinajstić information content (AvgIpc) is 2.37. The molecule has 0 aromatic heterocycles. The van der Waals surface area contributed by atoms with Gasteiger partial charge in [-0.05, 0) is 33.4 Å². The maximum Gasteiger partial charge on any atom is 0.0224 e. The molecule has 1 fully saturated rings. The number of rotatable bonds is 4. The monoisotopic (exact) mass is 168 g/mol. The van der Waals surface area contributed by atoms with Crippen molar-refractivity contribution >= 4 is 0 Å². The summed E-state index contributed by atoms with van der Waals surface area (Å²) in [6, 6.07) is 0.742. The highest BCUT2D eigenvalue weighted by Crippen LogP contribution is 2.17. The van der Waals surface area contributed by atoms with E-state index < -0.39 is 0 Å². The molecule has 1 unspecified atom stereocenters. The summed E-state index contributed by atoms with van der Waals surface area (Å²) in [4.78, 5) is 2.53. The van der Waals surface area contributed by atoms with Gasteiger partial charge in [0.05, 0.1) is 0 Å². The fraction of sp³-hybridized carbons (Fsp3) is 0.800. The lowest BCUT2D eigenvalue weighted by Gasteiger charge is -2.24. The molecule has 1 heterocycles. The van der Waals surface area contributed by atoms with E-state index in [9.17, 15) is 0 Å². The van der Waals surface area contributed by atoms with Crippen molar-refractivity contribution in [3.05, 3.63) is 12.2 Å². The second-order valence-electron chi connectivity index (χ2n) is 3.78. The maximum atomic E-state index is 3.95. The first-order chi connectivity index (χ1) is 5.74. The molecule has 0 aromatic rings. The van der Waals surface area contributed by atoms with Gasteiger partial charge in [0.25, 0.3) is 0 Å². The Hall–Kier alpha value is -0.340. The number of hydrogen-bond acceptors (Lipinski definition) is 2. The van der Waals surface area contributed by atoms with Crippen molar-refractivity contribution in [1.29, 1.82) is 0 Å². The van der Waals surface area contributed by atoms with E-state index in [0.29, 0.717) is 0 Å². The highest BCUT2D eigenvalue weighted by Gasteiger charge is 2.22. The lowest BCUT2D eigenvalue weighted by Crippen LogP contribution is -2.37. The van der Waals surface area contributed by atoms with Crippen LogP contribution in [0.1, 0.15) is 19.8 Å². The molecule has 0 aliphatic carbocycles. The Bertz CT molecular complexity index is 154. The molecule has 2 nitrogen and oxygen atoms in total. The molecule has 0 spiro atoms. The van der Waals surface area contributed by atoms with Crippen molar-refractivity contribution < 1.29 is 0 Å². The van der Waals surface area contributed by atoms with Gasteiger partial charge >= 0.3 is 0 Å². The molecule has 1 aliphatic rings. The molecule has 2 heteroatoms. The minimum atomic E-state index is 0.742. The van der Waals surface area contributed by atoms with Crippen LogP contribution < -0.4 is 5.32 Å². The molecule has 0 amide bonds. The van der Waals surface area contributed by atoms with Gasteiger partial charge in [-0.25, -0.2) is 0 Å². The van der Waals surface area contributed by atoms with Crippen LogP contribution in [-0.2, 0) is 0 Å². The van der Waals surface area contributed by atoms with Crippen molar-refractivity contribution in [2.45, 2.75) is 25.8 Å². The Morgan fingerprint density at radius 1 is 1.67 bits per heavy atom. The van der Waals surface area contributed by atoms with E-state index in [1.807, 2.05) is 7.05 Å². The molecule has 1 saturated heterocycles.